The van der Waals surface area contributed by atoms with Gasteiger partial charge in [0.15, 0.2) is 18.8 Å². The average Bonchev–Trinajstić information content (AvgIpc) is 3.20. The fourth-order valence-electron chi connectivity index (χ4n) is 3.20. The van der Waals surface area contributed by atoms with E-state index in [9.17, 15) is 14.0 Å². The molecule has 0 unspecified atom stereocenters. The number of rotatable bonds is 5. The normalized spacial score (nSPS) is 14.8. The van der Waals surface area contributed by atoms with Crippen molar-refractivity contribution < 1.29 is 23.1 Å². The van der Waals surface area contributed by atoms with Gasteiger partial charge in [-0.05, 0) is 36.5 Å². The lowest BCUT2D eigenvalue weighted by molar-refractivity contribution is -0.131. The molecular weight excluding hydrogens is 353 g/mol. The number of carbonyl (C=O) groups is 2. The van der Waals surface area contributed by atoms with Gasteiger partial charge in [0.2, 0.25) is 5.91 Å². The lowest BCUT2D eigenvalue weighted by atomic mass is 9.89. The summed E-state index contributed by atoms with van der Waals surface area (Å²) in [6.07, 6.45) is 3.94. The summed E-state index contributed by atoms with van der Waals surface area (Å²) in [5.41, 5.74) is 0.927. The van der Waals surface area contributed by atoms with E-state index in [1.165, 1.54) is 18.7 Å². The number of aromatic nitrogens is 1. The zero-order valence-corrected chi connectivity index (χ0v) is 15.1. The van der Waals surface area contributed by atoms with E-state index in [4.69, 9.17) is 9.15 Å². The Kier molecular flexibility index (Phi) is 6.05. The second-order valence-corrected chi connectivity index (χ2v) is 6.41. The first kappa shape index (κ1) is 18.9. The molecule has 1 aromatic heterocycles. The molecule has 3 rings (SSSR count). The van der Waals surface area contributed by atoms with E-state index < -0.39 is 6.09 Å². The van der Waals surface area contributed by atoms with E-state index in [0.717, 1.165) is 12.8 Å². The first-order chi connectivity index (χ1) is 13.1. The van der Waals surface area contributed by atoms with Crippen molar-refractivity contribution in [3.8, 4) is 0 Å². The summed E-state index contributed by atoms with van der Waals surface area (Å²) in [4.78, 5) is 29.1. The maximum atomic E-state index is 14.5. The van der Waals surface area contributed by atoms with Crippen molar-refractivity contribution in [2.24, 2.45) is 0 Å². The van der Waals surface area contributed by atoms with Crippen LogP contribution in [0.25, 0.3) is 0 Å². The SMILES string of the molecule is CCC(=O)N1CCC(c2ccc(NC(=O)OCc3cnco3)cc2F)CC1. The number of piperidine rings is 1. The molecule has 2 aromatic rings. The van der Waals surface area contributed by atoms with E-state index >= 15 is 0 Å². The largest absolute Gasteiger partial charge is 0.445 e. The van der Waals surface area contributed by atoms with Crippen LogP contribution in [0.1, 0.15) is 43.4 Å². The molecule has 1 aliphatic heterocycles. The second kappa shape index (κ2) is 8.66. The van der Waals surface area contributed by atoms with Crippen molar-refractivity contribution in [2.75, 3.05) is 18.4 Å². The van der Waals surface area contributed by atoms with Crippen LogP contribution >= 0.6 is 0 Å². The maximum absolute atomic E-state index is 14.5. The lowest BCUT2D eigenvalue weighted by Gasteiger charge is -2.32. The number of oxazole rings is 1. The lowest BCUT2D eigenvalue weighted by Crippen LogP contribution is -2.37. The Morgan fingerprint density at radius 3 is 2.78 bits per heavy atom. The first-order valence-electron chi connectivity index (χ1n) is 8.95. The standard InChI is InChI=1S/C19H22FN3O4/c1-2-18(24)23-7-5-13(6-8-23)16-4-3-14(9-17(16)20)22-19(25)26-11-15-10-21-12-27-15/h3-4,9-10,12-13H,2,5-8,11H2,1H3,(H,22,25). The van der Waals surface area contributed by atoms with Crippen LogP contribution < -0.4 is 5.32 Å². The minimum Gasteiger partial charge on any atom is -0.445 e. The zero-order chi connectivity index (χ0) is 19.2. The molecule has 1 fully saturated rings. The van der Waals surface area contributed by atoms with Crippen LogP contribution in [-0.2, 0) is 16.1 Å². The highest BCUT2D eigenvalue weighted by molar-refractivity contribution is 5.84. The molecule has 8 heteroatoms. The molecule has 1 N–H and O–H groups in total. The molecule has 0 radical (unpaired) electrons. The Morgan fingerprint density at radius 2 is 2.15 bits per heavy atom. The summed E-state index contributed by atoms with van der Waals surface area (Å²) in [5.74, 6) is 0.249. The monoisotopic (exact) mass is 375 g/mol. The molecule has 27 heavy (non-hydrogen) atoms. The van der Waals surface area contributed by atoms with Gasteiger partial charge in [0.05, 0.1) is 6.20 Å². The molecule has 1 aromatic carbocycles. The predicted molar refractivity (Wildman–Crippen MR) is 95.6 cm³/mol. The number of amides is 2. The number of carbonyl (C=O) groups excluding carboxylic acids is 2. The molecule has 0 aliphatic carbocycles. The summed E-state index contributed by atoms with van der Waals surface area (Å²) in [5, 5.41) is 2.49. The first-order valence-corrected chi connectivity index (χ1v) is 8.95. The third-order valence-electron chi connectivity index (χ3n) is 4.67. The number of anilines is 1. The Balaban J connectivity index is 1.54. The molecule has 2 heterocycles. The summed E-state index contributed by atoms with van der Waals surface area (Å²) < 4.78 is 24.5. The fourth-order valence-corrected chi connectivity index (χ4v) is 3.20. The van der Waals surface area contributed by atoms with Crippen LogP contribution in [0.15, 0.2) is 35.2 Å². The Morgan fingerprint density at radius 1 is 1.37 bits per heavy atom. The quantitative estimate of drug-likeness (QED) is 0.862. The van der Waals surface area contributed by atoms with Crippen molar-refractivity contribution in [2.45, 2.75) is 38.7 Å². The number of hydrogen-bond donors (Lipinski definition) is 1. The molecule has 0 bridgehead atoms. The van der Waals surface area contributed by atoms with Crippen LogP contribution in [0, 0.1) is 5.82 Å². The highest BCUT2D eigenvalue weighted by Gasteiger charge is 2.25. The Bertz CT molecular complexity index is 786. The number of nitrogens with one attached hydrogen (secondary N) is 1. The van der Waals surface area contributed by atoms with Gasteiger partial charge >= 0.3 is 6.09 Å². The van der Waals surface area contributed by atoms with Gasteiger partial charge in [0.1, 0.15) is 5.82 Å². The van der Waals surface area contributed by atoms with Gasteiger partial charge in [-0.25, -0.2) is 14.2 Å². The molecule has 0 saturated carbocycles. The van der Waals surface area contributed by atoms with Gasteiger partial charge in [-0.1, -0.05) is 13.0 Å². The number of hydrogen-bond acceptors (Lipinski definition) is 5. The molecule has 1 saturated heterocycles. The molecule has 0 atom stereocenters. The Labute approximate surface area is 156 Å². The van der Waals surface area contributed by atoms with Crippen molar-refractivity contribution in [3.63, 3.8) is 0 Å². The molecule has 7 nitrogen and oxygen atoms in total. The molecule has 0 spiro atoms. The zero-order valence-electron chi connectivity index (χ0n) is 15.1. The van der Waals surface area contributed by atoms with Gasteiger partial charge in [0.25, 0.3) is 0 Å². The van der Waals surface area contributed by atoms with Crippen molar-refractivity contribution in [3.05, 3.63) is 47.9 Å². The molecule has 2 amide bonds. The highest BCUT2D eigenvalue weighted by Crippen LogP contribution is 2.31. The van der Waals surface area contributed by atoms with Crippen molar-refractivity contribution >= 4 is 17.7 Å². The van der Waals surface area contributed by atoms with E-state index in [1.54, 1.807) is 12.1 Å². The van der Waals surface area contributed by atoms with Crippen molar-refractivity contribution in [1.82, 2.24) is 9.88 Å². The third kappa shape index (κ3) is 4.84. The van der Waals surface area contributed by atoms with Crippen LogP contribution in [0.4, 0.5) is 14.9 Å². The fraction of sp³-hybridized carbons (Fsp3) is 0.421. The molecule has 1 aliphatic rings. The average molecular weight is 375 g/mol. The number of likely N-dealkylation sites (tertiary alicyclic amines) is 1. The van der Waals surface area contributed by atoms with Crippen LogP contribution in [-0.4, -0.2) is 35.0 Å². The van der Waals surface area contributed by atoms with E-state index in [-0.39, 0.29) is 24.2 Å². The molecular formula is C19H22FN3O4. The van der Waals surface area contributed by atoms with Crippen LogP contribution in [0.5, 0.6) is 0 Å². The number of benzene rings is 1. The molecule has 144 valence electrons. The predicted octanol–water partition coefficient (Wildman–Crippen LogP) is 3.68. The smallest absolute Gasteiger partial charge is 0.412 e. The Hall–Kier alpha value is -2.90. The van der Waals surface area contributed by atoms with Gasteiger partial charge in [0, 0.05) is 25.2 Å². The number of halogens is 1. The maximum Gasteiger partial charge on any atom is 0.412 e. The number of nitrogens with zero attached hydrogens (tertiary/aromatic N) is 2. The van der Waals surface area contributed by atoms with Crippen molar-refractivity contribution in [1.29, 1.82) is 0 Å². The highest BCUT2D eigenvalue weighted by atomic mass is 19.1. The van der Waals surface area contributed by atoms with Gasteiger partial charge in [-0.3, -0.25) is 10.1 Å². The van der Waals surface area contributed by atoms with Crippen LogP contribution in [0.3, 0.4) is 0 Å². The summed E-state index contributed by atoms with van der Waals surface area (Å²) in [6, 6.07) is 4.62. The third-order valence-corrected chi connectivity index (χ3v) is 4.67. The minimum atomic E-state index is -0.704. The summed E-state index contributed by atoms with van der Waals surface area (Å²) >= 11 is 0. The topological polar surface area (TPSA) is 84.7 Å². The number of ether oxygens (including phenoxy) is 1. The van der Waals surface area contributed by atoms with Gasteiger partial charge in [-0.15, -0.1) is 0 Å². The van der Waals surface area contributed by atoms with Crippen LogP contribution in [0.2, 0.25) is 0 Å². The van der Waals surface area contributed by atoms with Gasteiger partial charge < -0.3 is 14.1 Å². The van der Waals surface area contributed by atoms with E-state index in [2.05, 4.69) is 10.3 Å². The second-order valence-electron chi connectivity index (χ2n) is 6.41. The summed E-state index contributed by atoms with van der Waals surface area (Å²) in [7, 11) is 0. The van der Waals surface area contributed by atoms with Gasteiger partial charge in [-0.2, -0.15) is 0 Å². The summed E-state index contributed by atoms with van der Waals surface area (Å²) in [6.45, 7) is 3.08. The van der Waals surface area contributed by atoms with E-state index in [1.807, 2.05) is 11.8 Å². The minimum absolute atomic E-state index is 0.0541. The van der Waals surface area contributed by atoms with E-state index in [0.29, 0.717) is 36.5 Å².